The molecule has 0 atom stereocenters. The second-order valence-electron chi connectivity index (χ2n) is 2.77. The Balaban J connectivity index is 2.38. The molecule has 0 spiro atoms. The molecule has 2 rings (SSSR count). The number of rotatable bonds is 2. The molecule has 0 saturated heterocycles. The van der Waals surface area contributed by atoms with Crippen LogP contribution in [0.4, 0.5) is 0 Å². The van der Waals surface area contributed by atoms with Gasteiger partial charge in [0.1, 0.15) is 5.69 Å². The molecule has 2 aromatic heterocycles. The van der Waals surface area contributed by atoms with Crippen LogP contribution in [0.15, 0.2) is 28.2 Å². The van der Waals surface area contributed by atoms with Gasteiger partial charge in [-0.15, -0.1) is 11.3 Å². The molecule has 0 saturated carbocycles. The fourth-order valence-corrected chi connectivity index (χ4v) is 2.49. The molecule has 0 aromatic carbocycles. The van der Waals surface area contributed by atoms with Crippen LogP contribution in [0.2, 0.25) is 0 Å². The SMILES string of the molecule is Cn1nccc1C(=O)c1ccc(Br)s1. The third kappa shape index (κ3) is 1.65. The molecular formula is C9H7BrN2OS. The number of hydrogen-bond acceptors (Lipinski definition) is 3. The molecule has 0 aliphatic carbocycles. The highest BCUT2D eigenvalue weighted by atomic mass is 79.9. The highest BCUT2D eigenvalue weighted by Gasteiger charge is 2.14. The van der Waals surface area contributed by atoms with Gasteiger partial charge in [0.2, 0.25) is 5.78 Å². The summed E-state index contributed by atoms with van der Waals surface area (Å²) in [6.07, 6.45) is 1.62. The van der Waals surface area contributed by atoms with Crippen molar-refractivity contribution in [2.75, 3.05) is 0 Å². The highest BCUT2D eigenvalue weighted by molar-refractivity contribution is 9.11. The van der Waals surface area contributed by atoms with Crippen LogP contribution in [0, 0.1) is 0 Å². The van der Waals surface area contributed by atoms with E-state index >= 15 is 0 Å². The summed E-state index contributed by atoms with van der Waals surface area (Å²) in [6, 6.07) is 5.40. The molecule has 14 heavy (non-hydrogen) atoms. The molecule has 0 aliphatic heterocycles. The molecular weight excluding hydrogens is 264 g/mol. The summed E-state index contributed by atoms with van der Waals surface area (Å²) < 4.78 is 2.54. The standard InChI is InChI=1S/C9H7BrN2OS/c1-12-6(4-5-11-12)9(13)7-2-3-8(10)14-7/h2-5H,1H3. The van der Waals surface area contributed by atoms with Crippen molar-refractivity contribution in [3.05, 3.63) is 38.8 Å². The largest absolute Gasteiger partial charge is 0.286 e. The van der Waals surface area contributed by atoms with Crippen molar-refractivity contribution in [3.63, 3.8) is 0 Å². The van der Waals surface area contributed by atoms with Crippen LogP contribution < -0.4 is 0 Å². The van der Waals surface area contributed by atoms with Crippen LogP contribution in [0.3, 0.4) is 0 Å². The Labute approximate surface area is 93.5 Å². The van der Waals surface area contributed by atoms with E-state index in [1.54, 1.807) is 24.0 Å². The van der Waals surface area contributed by atoms with E-state index in [1.807, 2.05) is 12.1 Å². The molecule has 72 valence electrons. The molecule has 0 unspecified atom stereocenters. The summed E-state index contributed by atoms with van der Waals surface area (Å²) in [6.45, 7) is 0. The molecule has 0 bridgehead atoms. The zero-order valence-corrected chi connectivity index (χ0v) is 9.80. The molecule has 0 amide bonds. The molecule has 3 nitrogen and oxygen atoms in total. The van der Waals surface area contributed by atoms with Gasteiger partial charge in [0, 0.05) is 13.2 Å². The molecule has 0 fully saturated rings. The van der Waals surface area contributed by atoms with E-state index in [2.05, 4.69) is 21.0 Å². The van der Waals surface area contributed by atoms with Crippen molar-refractivity contribution in [3.8, 4) is 0 Å². The lowest BCUT2D eigenvalue weighted by Crippen LogP contribution is -2.06. The molecule has 5 heteroatoms. The number of nitrogens with zero attached hydrogens (tertiary/aromatic N) is 2. The number of hydrogen-bond donors (Lipinski definition) is 0. The number of aryl methyl sites for hydroxylation is 1. The zero-order valence-electron chi connectivity index (χ0n) is 7.40. The lowest BCUT2D eigenvalue weighted by molar-refractivity contribution is 0.103. The lowest BCUT2D eigenvalue weighted by Gasteiger charge is -1.97. The second kappa shape index (κ2) is 3.67. The van der Waals surface area contributed by atoms with E-state index in [9.17, 15) is 4.79 Å². The van der Waals surface area contributed by atoms with Crippen molar-refractivity contribution in [2.24, 2.45) is 7.05 Å². The van der Waals surface area contributed by atoms with E-state index < -0.39 is 0 Å². The lowest BCUT2D eigenvalue weighted by atomic mass is 10.2. The van der Waals surface area contributed by atoms with Gasteiger partial charge in [-0.1, -0.05) is 0 Å². The first-order valence-electron chi connectivity index (χ1n) is 3.96. The van der Waals surface area contributed by atoms with Gasteiger partial charge in [-0.05, 0) is 34.1 Å². The van der Waals surface area contributed by atoms with Gasteiger partial charge in [-0.25, -0.2) is 0 Å². The predicted molar refractivity (Wildman–Crippen MR) is 58.7 cm³/mol. The summed E-state index contributed by atoms with van der Waals surface area (Å²) in [4.78, 5) is 12.6. The maximum Gasteiger partial charge on any atom is 0.220 e. The summed E-state index contributed by atoms with van der Waals surface area (Å²) in [5.41, 5.74) is 0.611. The number of carbonyl (C=O) groups is 1. The Morgan fingerprint density at radius 3 is 2.79 bits per heavy atom. The van der Waals surface area contributed by atoms with Crippen molar-refractivity contribution >= 4 is 33.0 Å². The molecule has 0 radical (unpaired) electrons. The van der Waals surface area contributed by atoms with Gasteiger partial charge in [0.05, 0.1) is 8.66 Å². The zero-order chi connectivity index (χ0) is 10.1. The predicted octanol–water partition coefficient (Wildman–Crippen LogP) is 2.48. The van der Waals surface area contributed by atoms with Crippen LogP contribution in [-0.4, -0.2) is 15.6 Å². The smallest absolute Gasteiger partial charge is 0.220 e. The van der Waals surface area contributed by atoms with E-state index in [0.29, 0.717) is 5.69 Å². The average Bonchev–Trinajstić information content (AvgIpc) is 2.73. The van der Waals surface area contributed by atoms with Gasteiger partial charge < -0.3 is 0 Å². The fourth-order valence-electron chi connectivity index (χ4n) is 1.16. The minimum atomic E-state index is 0.0145. The van der Waals surface area contributed by atoms with E-state index in [0.717, 1.165) is 8.66 Å². The fraction of sp³-hybridized carbons (Fsp3) is 0.111. The number of aromatic nitrogens is 2. The monoisotopic (exact) mass is 270 g/mol. The Morgan fingerprint density at radius 1 is 1.50 bits per heavy atom. The van der Waals surface area contributed by atoms with E-state index in [-0.39, 0.29) is 5.78 Å². The van der Waals surface area contributed by atoms with E-state index in [1.165, 1.54) is 11.3 Å². The van der Waals surface area contributed by atoms with Gasteiger partial charge >= 0.3 is 0 Å². The number of halogens is 1. The van der Waals surface area contributed by atoms with E-state index in [4.69, 9.17) is 0 Å². The number of carbonyl (C=O) groups excluding carboxylic acids is 1. The summed E-state index contributed by atoms with van der Waals surface area (Å²) in [5, 5.41) is 3.96. The minimum absolute atomic E-state index is 0.0145. The first-order chi connectivity index (χ1) is 6.68. The van der Waals surface area contributed by atoms with Crippen LogP contribution >= 0.6 is 27.3 Å². The third-order valence-electron chi connectivity index (χ3n) is 1.85. The van der Waals surface area contributed by atoms with Gasteiger partial charge in [-0.3, -0.25) is 9.48 Å². The minimum Gasteiger partial charge on any atom is -0.286 e. The van der Waals surface area contributed by atoms with Crippen LogP contribution in [0.5, 0.6) is 0 Å². The maximum absolute atomic E-state index is 11.9. The van der Waals surface area contributed by atoms with Gasteiger partial charge in [0.25, 0.3) is 0 Å². The Kier molecular flexibility index (Phi) is 2.52. The normalized spacial score (nSPS) is 10.4. The van der Waals surface area contributed by atoms with Gasteiger partial charge in [-0.2, -0.15) is 5.10 Å². The summed E-state index contributed by atoms with van der Waals surface area (Å²) in [5.74, 6) is 0.0145. The van der Waals surface area contributed by atoms with Crippen LogP contribution in [0.1, 0.15) is 15.4 Å². The maximum atomic E-state index is 11.9. The highest BCUT2D eigenvalue weighted by Crippen LogP contribution is 2.24. The molecule has 0 N–H and O–H groups in total. The van der Waals surface area contributed by atoms with Crippen molar-refractivity contribution < 1.29 is 4.79 Å². The van der Waals surface area contributed by atoms with Gasteiger partial charge in [0.15, 0.2) is 0 Å². The second-order valence-corrected chi connectivity index (χ2v) is 5.24. The first kappa shape index (κ1) is 9.61. The van der Waals surface area contributed by atoms with Crippen molar-refractivity contribution in [1.29, 1.82) is 0 Å². The average molecular weight is 271 g/mol. The summed E-state index contributed by atoms with van der Waals surface area (Å²) >= 11 is 4.75. The van der Waals surface area contributed by atoms with Crippen molar-refractivity contribution in [1.82, 2.24) is 9.78 Å². The van der Waals surface area contributed by atoms with Crippen LogP contribution in [0.25, 0.3) is 0 Å². The quantitative estimate of drug-likeness (QED) is 0.786. The third-order valence-corrected chi connectivity index (χ3v) is 3.47. The molecule has 0 aliphatic rings. The summed E-state index contributed by atoms with van der Waals surface area (Å²) in [7, 11) is 1.76. The Bertz CT molecular complexity index is 475. The number of thiophene rings is 1. The Morgan fingerprint density at radius 2 is 2.29 bits per heavy atom. The van der Waals surface area contributed by atoms with Crippen LogP contribution in [-0.2, 0) is 7.05 Å². The topological polar surface area (TPSA) is 34.9 Å². The molecule has 2 aromatic rings. The molecule has 2 heterocycles. The first-order valence-corrected chi connectivity index (χ1v) is 5.57. The number of ketones is 1. The Hall–Kier alpha value is -0.940. The van der Waals surface area contributed by atoms with Crippen molar-refractivity contribution in [2.45, 2.75) is 0 Å².